The SMILES string of the molecule is O=C(O)c1cc(-c2ccncc2)co1.[LiH]. The van der Waals surface area contributed by atoms with Gasteiger partial charge < -0.3 is 9.52 Å². The van der Waals surface area contributed by atoms with E-state index >= 15 is 0 Å². The fourth-order valence-electron chi connectivity index (χ4n) is 1.14. The van der Waals surface area contributed by atoms with Gasteiger partial charge in [0.25, 0.3) is 0 Å². The van der Waals surface area contributed by atoms with Crippen LogP contribution >= 0.6 is 0 Å². The van der Waals surface area contributed by atoms with Gasteiger partial charge in [0.05, 0.1) is 6.26 Å². The number of carbonyl (C=O) groups is 1. The summed E-state index contributed by atoms with van der Waals surface area (Å²) in [7, 11) is 0. The number of pyridine rings is 1. The Morgan fingerprint density at radius 3 is 2.47 bits per heavy atom. The summed E-state index contributed by atoms with van der Waals surface area (Å²) in [6, 6.07) is 5.06. The molecule has 0 fully saturated rings. The summed E-state index contributed by atoms with van der Waals surface area (Å²) in [5.74, 6) is -1.12. The molecular weight excluding hydrogens is 189 g/mol. The minimum atomic E-state index is -1.06. The molecule has 0 amide bonds. The summed E-state index contributed by atoms with van der Waals surface area (Å²) >= 11 is 0. The summed E-state index contributed by atoms with van der Waals surface area (Å²) in [5, 5.41) is 8.64. The molecule has 0 radical (unpaired) electrons. The molecule has 2 rings (SSSR count). The minimum absolute atomic E-state index is 0. The van der Waals surface area contributed by atoms with Crippen LogP contribution in [0.1, 0.15) is 10.6 Å². The first-order valence-electron chi connectivity index (χ1n) is 3.99. The number of rotatable bonds is 2. The summed E-state index contributed by atoms with van der Waals surface area (Å²) < 4.78 is 4.86. The quantitative estimate of drug-likeness (QED) is 0.739. The van der Waals surface area contributed by atoms with Gasteiger partial charge in [0.1, 0.15) is 0 Å². The Bertz CT molecular complexity index is 453. The van der Waals surface area contributed by atoms with E-state index in [-0.39, 0.29) is 24.6 Å². The second-order valence-corrected chi connectivity index (χ2v) is 2.74. The number of carboxylic acid groups (broad SMARTS) is 1. The average Bonchev–Trinajstić information content (AvgIpc) is 2.68. The predicted octanol–water partition coefficient (Wildman–Crippen LogP) is 1.39. The van der Waals surface area contributed by atoms with Crippen LogP contribution < -0.4 is 0 Å². The molecule has 0 saturated carbocycles. The van der Waals surface area contributed by atoms with E-state index in [0.717, 1.165) is 11.1 Å². The van der Waals surface area contributed by atoms with Crippen LogP contribution in [0.25, 0.3) is 11.1 Å². The number of furan rings is 1. The van der Waals surface area contributed by atoms with Gasteiger partial charge in [-0.15, -0.1) is 0 Å². The summed E-state index contributed by atoms with van der Waals surface area (Å²) in [5.41, 5.74) is 1.63. The molecule has 0 aliphatic heterocycles. The van der Waals surface area contributed by atoms with Gasteiger partial charge in [-0.25, -0.2) is 4.79 Å². The first-order valence-corrected chi connectivity index (χ1v) is 3.99. The van der Waals surface area contributed by atoms with Crippen molar-refractivity contribution in [3.05, 3.63) is 42.6 Å². The summed E-state index contributed by atoms with van der Waals surface area (Å²) in [6.45, 7) is 0. The average molecular weight is 197 g/mol. The van der Waals surface area contributed by atoms with Crippen molar-refractivity contribution in [2.45, 2.75) is 0 Å². The van der Waals surface area contributed by atoms with Crippen molar-refractivity contribution < 1.29 is 14.3 Å². The maximum atomic E-state index is 10.5. The number of aromatic nitrogens is 1. The zero-order valence-corrected chi connectivity index (χ0v) is 7.18. The third-order valence-electron chi connectivity index (χ3n) is 1.82. The third-order valence-corrected chi connectivity index (χ3v) is 1.82. The van der Waals surface area contributed by atoms with Crippen molar-refractivity contribution in [1.82, 2.24) is 4.98 Å². The summed E-state index contributed by atoms with van der Waals surface area (Å²) in [6.07, 6.45) is 4.70. The first-order chi connectivity index (χ1) is 6.77. The molecular formula is C10H8LiNO3. The van der Waals surface area contributed by atoms with Crippen LogP contribution in [0.4, 0.5) is 0 Å². The van der Waals surface area contributed by atoms with E-state index in [1.54, 1.807) is 24.5 Å². The second-order valence-electron chi connectivity index (χ2n) is 2.74. The Hall–Kier alpha value is -1.50. The Balaban J connectivity index is 0.00000112. The van der Waals surface area contributed by atoms with E-state index in [0.29, 0.717) is 0 Å². The van der Waals surface area contributed by atoms with E-state index < -0.39 is 5.97 Å². The van der Waals surface area contributed by atoms with Crippen molar-refractivity contribution in [3.63, 3.8) is 0 Å². The molecule has 2 heterocycles. The van der Waals surface area contributed by atoms with Crippen LogP contribution in [0.15, 0.2) is 41.3 Å². The van der Waals surface area contributed by atoms with Gasteiger partial charge in [0.15, 0.2) is 0 Å². The number of nitrogens with zero attached hydrogens (tertiary/aromatic N) is 1. The molecule has 15 heavy (non-hydrogen) atoms. The van der Waals surface area contributed by atoms with Crippen LogP contribution in [0.5, 0.6) is 0 Å². The van der Waals surface area contributed by atoms with Gasteiger partial charge in [-0.05, 0) is 23.8 Å². The van der Waals surface area contributed by atoms with Crippen LogP contribution in [0.3, 0.4) is 0 Å². The molecule has 0 atom stereocenters. The zero-order chi connectivity index (χ0) is 9.97. The fraction of sp³-hybridized carbons (Fsp3) is 0. The number of hydrogen-bond acceptors (Lipinski definition) is 3. The zero-order valence-electron chi connectivity index (χ0n) is 7.18. The standard InChI is InChI=1S/C10H7NO3.Li.H/c12-10(13)9-5-8(6-14-9)7-1-3-11-4-2-7;;/h1-6H,(H,12,13);;. The Labute approximate surface area is 98.1 Å². The molecule has 2 aromatic heterocycles. The molecule has 0 aliphatic rings. The first kappa shape index (κ1) is 11.6. The monoisotopic (exact) mass is 197 g/mol. The Morgan fingerprint density at radius 2 is 1.93 bits per heavy atom. The van der Waals surface area contributed by atoms with E-state index in [9.17, 15) is 4.79 Å². The van der Waals surface area contributed by atoms with Gasteiger partial charge in [0, 0.05) is 18.0 Å². The second kappa shape index (κ2) is 4.83. The molecule has 5 heteroatoms. The van der Waals surface area contributed by atoms with Crippen molar-refractivity contribution in [3.8, 4) is 11.1 Å². The molecule has 2 aromatic rings. The van der Waals surface area contributed by atoms with Gasteiger partial charge >= 0.3 is 24.8 Å². The van der Waals surface area contributed by atoms with Crippen molar-refractivity contribution in [2.24, 2.45) is 0 Å². The molecule has 0 saturated heterocycles. The molecule has 0 spiro atoms. The topological polar surface area (TPSA) is 63.3 Å². The molecule has 0 aromatic carbocycles. The van der Waals surface area contributed by atoms with Crippen molar-refractivity contribution in [2.75, 3.05) is 0 Å². The predicted molar refractivity (Wildman–Crippen MR) is 56.0 cm³/mol. The number of hydrogen-bond donors (Lipinski definition) is 1. The molecule has 0 unspecified atom stereocenters. The molecule has 4 nitrogen and oxygen atoms in total. The van der Waals surface area contributed by atoms with Gasteiger partial charge in [-0.3, -0.25) is 4.98 Å². The maximum absolute atomic E-state index is 10.5. The van der Waals surface area contributed by atoms with E-state index in [2.05, 4.69) is 4.98 Å². The van der Waals surface area contributed by atoms with Gasteiger partial charge in [0.2, 0.25) is 5.76 Å². The van der Waals surface area contributed by atoms with Gasteiger partial charge in [-0.2, -0.15) is 0 Å². The van der Waals surface area contributed by atoms with E-state index in [4.69, 9.17) is 9.52 Å². The normalized spacial score (nSPS) is 9.33. The Kier molecular flexibility index (Phi) is 3.72. The van der Waals surface area contributed by atoms with Crippen LogP contribution in [0.2, 0.25) is 0 Å². The van der Waals surface area contributed by atoms with Crippen molar-refractivity contribution in [1.29, 1.82) is 0 Å². The Morgan fingerprint density at radius 1 is 1.27 bits per heavy atom. The number of aromatic carboxylic acids is 1. The molecule has 0 bridgehead atoms. The van der Waals surface area contributed by atoms with Gasteiger partial charge in [-0.1, -0.05) is 0 Å². The fourth-order valence-corrected chi connectivity index (χ4v) is 1.14. The van der Waals surface area contributed by atoms with Crippen LogP contribution in [0, 0.1) is 0 Å². The number of carboxylic acids is 1. The van der Waals surface area contributed by atoms with E-state index in [1.807, 2.05) is 0 Å². The van der Waals surface area contributed by atoms with E-state index in [1.165, 1.54) is 12.3 Å². The molecule has 0 aliphatic carbocycles. The van der Waals surface area contributed by atoms with Crippen molar-refractivity contribution >= 4 is 24.8 Å². The molecule has 72 valence electrons. The van der Waals surface area contributed by atoms with Crippen LogP contribution in [-0.4, -0.2) is 34.9 Å². The summed E-state index contributed by atoms with van der Waals surface area (Å²) in [4.78, 5) is 14.4. The third kappa shape index (κ3) is 2.49. The van der Waals surface area contributed by atoms with Crippen LogP contribution in [-0.2, 0) is 0 Å². The molecule has 1 N–H and O–H groups in total.